The minimum atomic E-state index is -1.21. The molecule has 1 aliphatic rings. The van der Waals surface area contributed by atoms with Crippen molar-refractivity contribution in [1.82, 2.24) is 21.3 Å². The van der Waals surface area contributed by atoms with Gasteiger partial charge in [-0.1, -0.05) is 13.8 Å². The van der Waals surface area contributed by atoms with Gasteiger partial charge in [-0.15, -0.1) is 0 Å². The second-order valence-electron chi connectivity index (χ2n) is 8.63. The van der Waals surface area contributed by atoms with Crippen LogP contribution < -0.4 is 32.7 Å². The molecule has 4 unspecified atom stereocenters. The molecule has 1 heterocycles. The number of carbonyl (C=O) groups is 5. The number of aliphatic carboxylic acids is 1. The van der Waals surface area contributed by atoms with Crippen LogP contribution in [-0.2, 0) is 24.0 Å². The zero-order valence-corrected chi connectivity index (χ0v) is 19.4. The maximum Gasteiger partial charge on any atom is 0.326 e. The summed E-state index contributed by atoms with van der Waals surface area (Å²) < 4.78 is 0. The van der Waals surface area contributed by atoms with E-state index in [0.717, 1.165) is 13.0 Å². The van der Waals surface area contributed by atoms with Crippen molar-refractivity contribution in [3.05, 3.63) is 0 Å². The molecule has 1 fully saturated rings. The second-order valence-corrected chi connectivity index (χ2v) is 8.63. The number of carboxylic acids is 1. The van der Waals surface area contributed by atoms with Crippen molar-refractivity contribution >= 4 is 29.6 Å². The lowest BCUT2D eigenvalue weighted by molar-refractivity contribution is -0.143. The van der Waals surface area contributed by atoms with Crippen LogP contribution >= 0.6 is 0 Å². The Kier molecular flexibility index (Phi) is 12.4. The number of carbonyl (C=O) groups excluding carboxylic acids is 4. The van der Waals surface area contributed by atoms with Crippen LogP contribution in [0.1, 0.15) is 58.8 Å². The molecule has 1 aliphatic heterocycles. The number of amides is 4. The highest BCUT2D eigenvalue weighted by molar-refractivity contribution is 5.94. The molecule has 1 rings (SSSR count). The van der Waals surface area contributed by atoms with Crippen LogP contribution in [0.3, 0.4) is 0 Å². The number of carboxylic acid groups (broad SMARTS) is 1. The van der Waals surface area contributed by atoms with Gasteiger partial charge in [0.25, 0.3) is 0 Å². The highest BCUT2D eigenvalue weighted by Gasteiger charge is 2.32. The second kappa shape index (κ2) is 14.4. The fraction of sp³-hybridized carbons (Fsp3) is 0.762. The third kappa shape index (κ3) is 10.2. The molecular weight excluding hydrogens is 432 g/mol. The molecule has 0 spiro atoms. The Morgan fingerprint density at radius 1 is 1.00 bits per heavy atom. The van der Waals surface area contributed by atoms with Crippen molar-refractivity contribution in [2.24, 2.45) is 17.4 Å². The molecule has 9 N–H and O–H groups in total. The predicted molar refractivity (Wildman–Crippen MR) is 121 cm³/mol. The van der Waals surface area contributed by atoms with Gasteiger partial charge >= 0.3 is 5.97 Å². The summed E-state index contributed by atoms with van der Waals surface area (Å²) in [6.07, 6.45) is 2.78. The molecule has 4 amide bonds. The van der Waals surface area contributed by atoms with Crippen LogP contribution in [0.15, 0.2) is 0 Å². The summed E-state index contributed by atoms with van der Waals surface area (Å²) in [6.45, 7) is 4.42. The average Bonchev–Trinajstić information content (AvgIpc) is 3.28. The van der Waals surface area contributed by atoms with Gasteiger partial charge < -0.3 is 37.8 Å². The molecule has 0 bridgehead atoms. The van der Waals surface area contributed by atoms with Gasteiger partial charge in [0, 0.05) is 6.42 Å². The third-order valence-electron chi connectivity index (χ3n) is 5.50. The number of nitrogens with two attached hydrogens (primary N) is 2. The Labute approximate surface area is 194 Å². The SMILES string of the molecule is CC(C)C(NC(=O)C(CCC(N)=O)NC(=O)C(CCCCN)NC(=O)C1CCCN1)C(=O)O. The van der Waals surface area contributed by atoms with Crippen molar-refractivity contribution in [3.63, 3.8) is 0 Å². The Hall–Kier alpha value is -2.73. The van der Waals surface area contributed by atoms with Gasteiger partial charge in [-0.25, -0.2) is 4.79 Å². The van der Waals surface area contributed by atoms with Crippen LogP contribution in [0, 0.1) is 5.92 Å². The topological polar surface area (TPSA) is 206 Å². The van der Waals surface area contributed by atoms with E-state index in [4.69, 9.17) is 11.5 Å². The lowest BCUT2D eigenvalue weighted by Gasteiger charge is -2.26. The Bertz CT molecular complexity index is 695. The highest BCUT2D eigenvalue weighted by atomic mass is 16.4. The number of hydrogen-bond acceptors (Lipinski definition) is 7. The first-order valence-electron chi connectivity index (χ1n) is 11.4. The summed E-state index contributed by atoms with van der Waals surface area (Å²) in [5.74, 6) is -3.92. The summed E-state index contributed by atoms with van der Waals surface area (Å²) in [6, 6.07) is -3.65. The molecule has 0 radical (unpaired) electrons. The maximum absolute atomic E-state index is 13.0. The van der Waals surface area contributed by atoms with E-state index in [-0.39, 0.29) is 24.8 Å². The van der Waals surface area contributed by atoms with Gasteiger partial charge in [0.05, 0.1) is 6.04 Å². The summed E-state index contributed by atoms with van der Waals surface area (Å²) in [5.41, 5.74) is 10.7. The van der Waals surface area contributed by atoms with E-state index in [0.29, 0.717) is 32.2 Å². The van der Waals surface area contributed by atoms with Crippen LogP contribution in [0.25, 0.3) is 0 Å². The van der Waals surface area contributed by atoms with E-state index in [1.807, 2.05) is 0 Å². The average molecular weight is 471 g/mol. The maximum atomic E-state index is 13.0. The van der Waals surface area contributed by atoms with Gasteiger partial charge in [0.15, 0.2) is 0 Å². The van der Waals surface area contributed by atoms with E-state index in [1.54, 1.807) is 13.8 Å². The minimum absolute atomic E-state index is 0.106. The first-order valence-corrected chi connectivity index (χ1v) is 11.4. The minimum Gasteiger partial charge on any atom is -0.480 e. The lowest BCUT2D eigenvalue weighted by Crippen LogP contribution is -2.57. The first-order chi connectivity index (χ1) is 15.6. The van der Waals surface area contributed by atoms with Gasteiger partial charge in [0.1, 0.15) is 18.1 Å². The Balaban J connectivity index is 2.93. The zero-order valence-electron chi connectivity index (χ0n) is 19.4. The number of nitrogens with one attached hydrogen (secondary N) is 4. The molecule has 0 aliphatic carbocycles. The van der Waals surface area contributed by atoms with Crippen molar-refractivity contribution in [2.45, 2.75) is 83.0 Å². The molecule has 33 heavy (non-hydrogen) atoms. The zero-order chi connectivity index (χ0) is 25.0. The van der Waals surface area contributed by atoms with Gasteiger partial charge in [-0.2, -0.15) is 0 Å². The number of rotatable bonds is 15. The highest BCUT2D eigenvalue weighted by Crippen LogP contribution is 2.09. The van der Waals surface area contributed by atoms with E-state index in [1.165, 1.54) is 0 Å². The summed E-state index contributed by atoms with van der Waals surface area (Å²) in [7, 11) is 0. The smallest absolute Gasteiger partial charge is 0.326 e. The molecule has 0 aromatic heterocycles. The fourth-order valence-corrected chi connectivity index (χ4v) is 3.54. The van der Waals surface area contributed by atoms with Gasteiger partial charge in [-0.3, -0.25) is 19.2 Å². The molecular formula is C21H38N6O6. The molecule has 0 saturated carbocycles. The summed E-state index contributed by atoms with van der Waals surface area (Å²) in [4.78, 5) is 61.0. The summed E-state index contributed by atoms with van der Waals surface area (Å²) >= 11 is 0. The predicted octanol–water partition coefficient (Wildman–Crippen LogP) is -1.67. The van der Waals surface area contributed by atoms with Crippen LogP contribution in [0.5, 0.6) is 0 Å². The molecule has 188 valence electrons. The van der Waals surface area contributed by atoms with Crippen LogP contribution in [0.4, 0.5) is 0 Å². The van der Waals surface area contributed by atoms with E-state index >= 15 is 0 Å². The molecule has 0 aromatic carbocycles. The Morgan fingerprint density at radius 2 is 1.64 bits per heavy atom. The lowest BCUT2D eigenvalue weighted by atomic mass is 10.0. The quantitative estimate of drug-likeness (QED) is 0.137. The monoisotopic (exact) mass is 470 g/mol. The largest absolute Gasteiger partial charge is 0.480 e. The number of unbranched alkanes of at least 4 members (excludes halogenated alkanes) is 1. The molecule has 0 aromatic rings. The normalized spacial score (nSPS) is 18.2. The number of primary amides is 1. The van der Waals surface area contributed by atoms with Crippen molar-refractivity contribution in [3.8, 4) is 0 Å². The first kappa shape index (κ1) is 28.3. The molecule has 12 nitrogen and oxygen atoms in total. The standard InChI is InChI=1S/C21H38N6O6/c1-12(2)17(21(32)33)27-20(31)15(8-9-16(23)28)26-19(30)14(6-3-4-10-22)25-18(29)13-7-5-11-24-13/h12-15,17,24H,3-11,22H2,1-2H3,(H2,23,28)(H,25,29)(H,26,30)(H,27,31)(H,32,33). The van der Waals surface area contributed by atoms with Crippen molar-refractivity contribution < 1.29 is 29.1 Å². The number of hydrogen-bond donors (Lipinski definition) is 7. The fourth-order valence-electron chi connectivity index (χ4n) is 3.54. The summed E-state index contributed by atoms with van der Waals surface area (Å²) in [5, 5.41) is 20.1. The Morgan fingerprint density at radius 3 is 2.15 bits per heavy atom. The van der Waals surface area contributed by atoms with E-state index < -0.39 is 47.7 Å². The van der Waals surface area contributed by atoms with E-state index in [9.17, 15) is 29.1 Å². The van der Waals surface area contributed by atoms with Gasteiger partial charge in [0.2, 0.25) is 23.6 Å². The molecule has 4 atom stereocenters. The van der Waals surface area contributed by atoms with Crippen molar-refractivity contribution in [2.75, 3.05) is 13.1 Å². The molecule has 12 heteroatoms. The van der Waals surface area contributed by atoms with Crippen molar-refractivity contribution in [1.29, 1.82) is 0 Å². The van der Waals surface area contributed by atoms with E-state index in [2.05, 4.69) is 21.3 Å². The van der Waals surface area contributed by atoms with Gasteiger partial charge in [-0.05, 0) is 57.5 Å². The molecule has 1 saturated heterocycles. The van der Waals surface area contributed by atoms with Crippen LogP contribution in [0.2, 0.25) is 0 Å². The third-order valence-corrected chi connectivity index (χ3v) is 5.50. The van der Waals surface area contributed by atoms with Crippen LogP contribution in [-0.4, -0.2) is 72.0 Å².